The molecular weight excluding hydrogens is 308 g/mol. The molecule has 24 heavy (non-hydrogen) atoms. The Labute approximate surface area is 142 Å². The Balaban J connectivity index is 1.35. The normalized spacial score (nSPS) is 19.0. The Hall–Kier alpha value is -2.09. The molecule has 132 valence electrons. The number of imidazole rings is 1. The number of carbonyl (C=O) groups is 2. The maximum atomic E-state index is 12.2. The number of hydrogen-bond acceptors (Lipinski definition) is 4. The number of carbonyl (C=O) groups excluding carboxylic acids is 2. The van der Waals surface area contributed by atoms with Crippen LogP contribution in [0.15, 0.2) is 12.4 Å². The zero-order chi connectivity index (χ0) is 16.9. The summed E-state index contributed by atoms with van der Waals surface area (Å²) >= 11 is 0. The molecule has 1 aromatic rings. The summed E-state index contributed by atoms with van der Waals surface area (Å²) < 4.78 is 0. The van der Waals surface area contributed by atoms with Crippen LogP contribution in [0.4, 0.5) is 4.79 Å². The minimum absolute atomic E-state index is 0.0867. The molecule has 1 saturated carbocycles. The van der Waals surface area contributed by atoms with E-state index in [1.807, 2.05) is 0 Å². The van der Waals surface area contributed by atoms with Crippen LogP contribution < -0.4 is 10.6 Å². The monoisotopic (exact) mass is 334 g/mol. The molecule has 0 aromatic carbocycles. The number of hydrogen-bond donors (Lipinski definition) is 3. The molecule has 2 heterocycles. The number of H-pyrrole nitrogens is 1. The molecule has 3 rings (SSSR count). The highest BCUT2D eigenvalue weighted by Crippen LogP contribution is 2.18. The first-order chi connectivity index (χ1) is 11.6. The van der Waals surface area contributed by atoms with Crippen molar-refractivity contribution in [3.8, 4) is 0 Å². The van der Waals surface area contributed by atoms with Gasteiger partial charge in [-0.2, -0.15) is 0 Å². The largest absolute Gasteiger partial charge is 0.352 e. The second-order valence-corrected chi connectivity index (χ2v) is 6.73. The van der Waals surface area contributed by atoms with Gasteiger partial charge in [-0.25, -0.2) is 9.78 Å². The lowest BCUT2D eigenvalue weighted by atomic mass is 10.1. The highest BCUT2D eigenvalue weighted by molar-refractivity contribution is 5.78. The van der Waals surface area contributed by atoms with Gasteiger partial charge in [0.25, 0.3) is 0 Å². The molecule has 8 heteroatoms. The van der Waals surface area contributed by atoms with Crippen molar-refractivity contribution < 1.29 is 9.59 Å². The van der Waals surface area contributed by atoms with Crippen LogP contribution in [0.5, 0.6) is 0 Å². The zero-order valence-electron chi connectivity index (χ0n) is 14.1. The third-order valence-corrected chi connectivity index (χ3v) is 4.51. The van der Waals surface area contributed by atoms with E-state index in [1.165, 1.54) is 0 Å². The van der Waals surface area contributed by atoms with E-state index in [1.54, 1.807) is 24.3 Å². The summed E-state index contributed by atoms with van der Waals surface area (Å²) in [6.07, 6.45) is 7.40. The first-order valence-corrected chi connectivity index (χ1v) is 8.62. The average Bonchev–Trinajstić information content (AvgIpc) is 3.21. The summed E-state index contributed by atoms with van der Waals surface area (Å²) in [6, 6.07) is 0.495. The first kappa shape index (κ1) is 16.8. The van der Waals surface area contributed by atoms with Gasteiger partial charge in [0.15, 0.2) is 0 Å². The van der Waals surface area contributed by atoms with E-state index < -0.39 is 0 Å². The van der Waals surface area contributed by atoms with Crippen molar-refractivity contribution in [2.75, 3.05) is 26.7 Å². The molecule has 0 radical (unpaired) electrons. The third-order valence-electron chi connectivity index (χ3n) is 4.51. The van der Waals surface area contributed by atoms with E-state index in [4.69, 9.17) is 0 Å². The van der Waals surface area contributed by atoms with Gasteiger partial charge in [0.05, 0.1) is 13.1 Å². The summed E-state index contributed by atoms with van der Waals surface area (Å²) in [6.45, 7) is 2.60. The lowest BCUT2D eigenvalue weighted by molar-refractivity contribution is -0.122. The van der Waals surface area contributed by atoms with Gasteiger partial charge in [-0.15, -0.1) is 0 Å². The maximum Gasteiger partial charge on any atom is 0.317 e. The highest BCUT2D eigenvalue weighted by Gasteiger charge is 2.26. The van der Waals surface area contributed by atoms with Crippen LogP contribution in [0.25, 0.3) is 0 Å². The van der Waals surface area contributed by atoms with Crippen molar-refractivity contribution in [3.63, 3.8) is 0 Å². The molecule has 2 fully saturated rings. The third kappa shape index (κ3) is 4.95. The molecule has 3 N–H and O–H groups in total. The summed E-state index contributed by atoms with van der Waals surface area (Å²) in [5, 5.41) is 6.08. The summed E-state index contributed by atoms with van der Waals surface area (Å²) in [5.74, 6) is 0.891. The number of amides is 3. The van der Waals surface area contributed by atoms with Crippen molar-refractivity contribution in [1.82, 2.24) is 30.4 Å². The highest BCUT2D eigenvalue weighted by atomic mass is 16.2. The number of piperidine rings is 1. The molecule has 8 nitrogen and oxygen atoms in total. The van der Waals surface area contributed by atoms with Gasteiger partial charge >= 0.3 is 6.03 Å². The molecule has 0 spiro atoms. The van der Waals surface area contributed by atoms with Crippen LogP contribution in [-0.2, 0) is 11.3 Å². The Morgan fingerprint density at radius 1 is 1.25 bits per heavy atom. The van der Waals surface area contributed by atoms with Gasteiger partial charge in [0.1, 0.15) is 5.82 Å². The Morgan fingerprint density at radius 3 is 2.58 bits per heavy atom. The van der Waals surface area contributed by atoms with Crippen molar-refractivity contribution >= 4 is 11.9 Å². The van der Waals surface area contributed by atoms with E-state index >= 15 is 0 Å². The molecule has 0 unspecified atom stereocenters. The number of nitrogens with zero attached hydrogens (tertiary/aromatic N) is 3. The summed E-state index contributed by atoms with van der Waals surface area (Å²) in [7, 11) is 1.76. The number of urea groups is 1. The Morgan fingerprint density at radius 2 is 1.96 bits per heavy atom. The second-order valence-electron chi connectivity index (χ2n) is 6.73. The quantitative estimate of drug-likeness (QED) is 0.697. The molecule has 1 aliphatic heterocycles. The van der Waals surface area contributed by atoms with Crippen LogP contribution in [-0.4, -0.2) is 70.5 Å². The SMILES string of the molecule is CN(Cc1ncc[nH]1)C(=O)NC1CCN(CC(=O)NC2CC2)CC1. The number of aromatic nitrogens is 2. The van der Waals surface area contributed by atoms with Crippen molar-refractivity contribution in [3.05, 3.63) is 18.2 Å². The predicted molar refractivity (Wildman–Crippen MR) is 89.2 cm³/mol. The minimum Gasteiger partial charge on any atom is -0.352 e. The van der Waals surface area contributed by atoms with Crippen molar-refractivity contribution in [1.29, 1.82) is 0 Å². The van der Waals surface area contributed by atoms with Crippen molar-refractivity contribution in [2.24, 2.45) is 0 Å². The first-order valence-electron chi connectivity index (χ1n) is 8.62. The van der Waals surface area contributed by atoms with Gasteiger partial charge in [0, 0.05) is 44.6 Å². The second kappa shape index (κ2) is 7.65. The van der Waals surface area contributed by atoms with Gasteiger partial charge in [-0.3, -0.25) is 9.69 Å². The van der Waals surface area contributed by atoms with Crippen LogP contribution in [0, 0.1) is 0 Å². The number of rotatable bonds is 6. The van der Waals surface area contributed by atoms with Crippen LogP contribution in [0.2, 0.25) is 0 Å². The standard InChI is InChI=1S/C16H26N6O2/c1-21(10-14-17-6-7-18-14)16(24)20-13-4-8-22(9-5-13)11-15(23)19-12-2-3-12/h6-7,12-13H,2-5,8-11H2,1H3,(H,17,18)(H,19,23)(H,20,24). The molecule has 0 atom stereocenters. The van der Waals surface area contributed by atoms with E-state index in [-0.39, 0.29) is 18.0 Å². The fourth-order valence-corrected chi connectivity index (χ4v) is 2.91. The van der Waals surface area contributed by atoms with E-state index in [9.17, 15) is 9.59 Å². The zero-order valence-corrected chi connectivity index (χ0v) is 14.1. The average molecular weight is 334 g/mol. The smallest absolute Gasteiger partial charge is 0.317 e. The number of aromatic amines is 1. The lowest BCUT2D eigenvalue weighted by Gasteiger charge is -2.32. The fraction of sp³-hybridized carbons (Fsp3) is 0.688. The topological polar surface area (TPSA) is 93.4 Å². The molecule has 1 aliphatic carbocycles. The molecule has 1 saturated heterocycles. The minimum atomic E-state index is -0.0867. The number of likely N-dealkylation sites (tertiary alicyclic amines) is 1. The van der Waals surface area contributed by atoms with Gasteiger partial charge in [-0.05, 0) is 25.7 Å². The van der Waals surface area contributed by atoms with Gasteiger partial charge < -0.3 is 20.5 Å². The van der Waals surface area contributed by atoms with Crippen LogP contribution >= 0.6 is 0 Å². The van der Waals surface area contributed by atoms with Crippen LogP contribution in [0.3, 0.4) is 0 Å². The molecule has 2 aliphatic rings. The lowest BCUT2D eigenvalue weighted by Crippen LogP contribution is -2.49. The van der Waals surface area contributed by atoms with E-state index in [2.05, 4.69) is 25.5 Å². The Bertz CT molecular complexity index is 549. The predicted octanol–water partition coefficient (Wildman–Crippen LogP) is 0.294. The molecule has 3 amide bonds. The van der Waals surface area contributed by atoms with Crippen molar-refractivity contribution in [2.45, 2.75) is 44.3 Å². The maximum absolute atomic E-state index is 12.2. The molecule has 1 aromatic heterocycles. The summed E-state index contributed by atoms with van der Waals surface area (Å²) in [4.78, 5) is 34.9. The summed E-state index contributed by atoms with van der Waals surface area (Å²) in [5.41, 5.74) is 0. The molecule has 0 bridgehead atoms. The van der Waals surface area contributed by atoms with E-state index in [0.717, 1.165) is 44.6 Å². The fourth-order valence-electron chi connectivity index (χ4n) is 2.91. The van der Waals surface area contributed by atoms with Crippen LogP contribution in [0.1, 0.15) is 31.5 Å². The number of nitrogens with one attached hydrogen (secondary N) is 3. The van der Waals surface area contributed by atoms with E-state index in [0.29, 0.717) is 19.1 Å². The van der Waals surface area contributed by atoms with Gasteiger partial charge in [-0.1, -0.05) is 0 Å². The Kier molecular flexibility index (Phi) is 5.34. The molecular formula is C16H26N6O2. The van der Waals surface area contributed by atoms with Gasteiger partial charge in [0.2, 0.25) is 5.91 Å².